The van der Waals surface area contributed by atoms with E-state index in [2.05, 4.69) is 0 Å². The van der Waals surface area contributed by atoms with Gasteiger partial charge < -0.3 is 19.1 Å². The first-order valence-electron chi connectivity index (χ1n) is 7.85. The van der Waals surface area contributed by atoms with Crippen molar-refractivity contribution in [2.24, 2.45) is 0 Å². The summed E-state index contributed by atoms with van der Waals surface area (Å²) in [5.74, 6) is 1.52. The number of nitrogens with zero attached hydrogens (tertiary/aromatic N) is 1. The summed E-state index contributed by atoms with van der Waals surface area (Å²) in [6, 6.07) is 5.91. The second kappa shape index (κ2) is 6.57. The number of carbonyl (C=O) groups is 1. The normalized spacial score (nSPS) is 24.0. The van der Waals surface area contributed by atoms with Crippen molar-refractivity contribution in [2.45, 2.75) is 37.8 Å². The van der Waals surface area contributed by atoms with E-state index < -0.39 is 0 Å². The molecular formula is C17H23NO4. The summed E-state index contributed by atoms with van der Waals surface area (Å²) in [5, 5.41) is 0. The number of methoxy groups -OCH3 is 2. The fourth-order valence-electron chi connectivity index (χ4n) is 3.50. The van der Waals surface area contributed by atoms with Gasteiger partial charge in [-0.15, -0.1) is 0 Å². The van der Waals surface area contributed by atoms with E-state index in [1.165, 1.54) is 0 Å². The van der Waals surface area contributed by atoms with Crippen molar-refractivity contribution >= 4 is 5.91 Å². The molecule has 0 N–H and O–H groups in total. The van der Waals surface area contributed by atoms with Crippen molar-refractivity contribution in [3.8, 4) is 11.5 Å². The lowest BCUT2D eigenvalue weighted by molar-refractivity contribution is -0.143. The van der Waals surface area contributed by atoms with E-state index in [9.17, 15) is 4.79 Å². The zero-order valence-electron chi connectivity index (χ0n) is 13.2. The number of fused-ring (bicyclic) bond motifs is 1. The first-order chi connectivity index (χ1) is 10.7. The number of morpholine rings is 1. The summed E-state index contributed by atoms with van der Waals surface area (Å²) >= 11 is 0. The predicted molar refractivity (Wildman–Crippen MR) is 82.3 cm³/mol. The lowest BCUT2D eigenvalue weighted by Crippen LogP contribution is -2.51. The lowest BCUT2D eigenvalue weighted by Gasteiger charge is -2.37. The van der Waals surface area contributed by atoms with Crippen molar-refractivity contribution in [3.05, 3.63) is 23.8 Å². The van der Waals surface area contributed by atoms with Gasteiger partial charge in [-0.2, -0.15) is 0 Å². The van der Waals surface area contributed by atoms with Crippen LogP contribution in [0.4, 0.5) is 0 Å². The molecule has 5 heteroatoms. The molecule has 2 atom stereocenters. The number of ether oxygens (including phenoxy) is 3. The van der Waals surface area contributed by atoms with Crippen molar-refractivity contribution in [3.63, 3.8) is 0 Å². The number of carbonyl (C=O) groups excluding carboxylic acids is 1. The highest BCUT2D eigenvalue weighted by Crippen LogP contribution is 2.31. The second-order valence-electron chi connectivity index (χ2n) is 5.86. The number of hydrogen-bond donors (Lipinski definition) is 0. The van der Waals surface area contributed by atoms with Gasteiger partial charge in [-0.25, -0.2) is 0 Å². The summed E-state index contributed by atoms with van der Waals surface area (Å²) in [7, 11) is 3.21. The van der Waals surface area contributed by atoms with Crippen LogP contribution in [0, 0.1) is 0 Å². The van der Waals surface area contributed by atoms with Gasteiger partial charge in [0.25, 0.3) is 0 Å². The number of benzene rings is 1. The molecule has 0 spiro atoms. The molecule has 1 aliphatic heterocycles. The number of amides is 1. The van der Waals surface area contributed by atoms with Gasteiger partial charge in [0, 0.05) is 6.54 Å². The Balaban J connectivity index is 1.71. The van der Waals surface area contributed by atoms with Gasteiger partial charge in [0.15, 0.2) is 11.5 Å². The van der Waals surface area contributed by atoms with Gasteiger partial charge >= 0.3 is 0 Å². The lowest BCUT2D eigenvalue weighted by atomic mass is 10.1. The van der Waals surface area contributed by atoms with Gasteiger partial charge in [0.1, 0.15) is 0 Å². The summed E-state index contributed by atoms with van der Waals surface area (Å²) in [6.07, 6.45) is 3.91. The molecule has 0 radical (unpaired) electrons. The zero-order valence-corrected chi connectivity index (χ0v) is 13.2. The van der Waals surface area contributed by atoms with Crippen LogP contribution in [0.5, 0.6) is 11.5 Å². The third kappa shape index (κ3) is 2.90. The van der Waals surface area contributed by atoms with Crippen molar-refractivity contribution in [1.29, 1.82) is 0 Å². The van der Waals surface area contributed by atoms with E-state index in [0.29, 0.717) is 31.1 Å². The van der Waals surface area contributed by atoms with Crippen LogP contribution in [0.15, 0.2) is 18.2 Å². The van der Waals surface area contributed by atoms with Crippen LogP contribution in [0.2, 0.25) is 0 Å². The Kier molecular flexibility index (Phi) is 4.52. The molecule has 1 saturated heterocycles. The van der Waals surface area contributed by atoms with Crippen LogP contribution in [0.25, 0.3) is 0 Å². The van der Waals surface area contributed by atoms with Gasteiger partial charge in [0.05, 0.1) is 39.4 Å². The number of rotatable bonds is 4. The summed E-state index contributed by atoms with van der Waals surface area (Å²) in [4.78, 5) is 14.7. The topological polar surface area (TPSA) is 48.0 Å². The molecule has 2 aliphatic rings. The highest BCUT2D eigenvalue weighted by atomic mass is 16.5. The quantitative estimate of drug-likeness (QED) is 0.854. The Morgan fingerprint density at radius 3 is 2.86 bits per heavy atom. The van der Waals surface area contributed by atoms with Gasteiger partial charge in [-0.05, 0) is 37.0 Å². The van der Waals surface area contributed by atoms with Gasteiger partial charge in [0.2, 0.25) is 5.91 Å². The van der Waals surface area contributed by atoms with E-state index >= 15 is 0 Å². The van der Waals surface area contributed by atoms with E-state index in [1.807, 2.05) is 23.1 Å². The summed E-state index contributed by atoms with van der Waals surface area (Å²) in [5.41, 5.74) is 0.948. The third-order valence-electron chi connectivity index (χ3n) is 4.61. The molecule has 0 bridgehead atoms. The van der Waals surface area contributed by atoms with Crippen molar-refractivity contribution in [1.82, 2.24) is 4.90 Å². The van der Waals surface area contributed by atoms with E-state index in [4.69, 9.17) is 14.2 Å². The standard InChI is InChI=1S/C17H23NO4/c1-20-15-7-6-12(10-16(15)21-2)11-17(19)18-8-9-22-14-5-3-4-13(14)18/h6-7,10,13-14H,3-5,8-9,11H2,1-2H3/t13-,14-/m1/s1. The number of hydrogen-bond acceptors (Lipinski definition) is 4. The predicted octanol–water partition coefficient (Wildman–Crippen LogP) is 2.03. The van der Waals surface area contributed by atoms with Crippen LogP contribution in [-0.4, -0.2) is 50.3 Å². The van der Waals surface area contributed by atoms with Crippen LogP contribution in [0.1, 0.15) is 24.8 Å². The van der Waals surface area contributed by atoms with Gasteiger partial charge in [-0.1, -0.05) is 6.07 Å². The average molecular weight is 305 g/mol. The molecule has 1 aliphatic carbocycles. The first kappa shape index (κ1) is 15.2. The maximum atomic E-state index is 12.7. The molecule has 1 aromatic carbocycles. The van der Waals surface area contributed by atoms with E-state index in [0.717, 1.165) is 24.8 Å². The fourth-order valence-corrected chi connectivity index (χ4v) is 3.50. The molecule has 22 heavy (non-hydrogen) atoms. The second-order valence-corrected chi connectivity index (χ2v) is 5.86. The van der Waals surface area contributed by atoms with E-state index in [1.54, 1.807) is 14.2 Å². The molecule has 120 valence electrons. The first-order valence-corrected chi connectivity index (χ1v) is 7.85. The minimum atomic E-state index is 0.174. The molecule has 1 heterocycles. The highest BCUT2D eigenvalue weighted by molar-refractivity contribution is 5.79. The van der Waals surface area contributed by atoms with Crippen LogP contribution < -0.4 is 9.47 Å². The van der Waals surface area contributed by atoms with Crippen molar-refractivity contribution in [2.75, 3.05) is 27.4 Å². The third-order valence-corrected chi connectivity index (χ3v) is 4.61. The molecule has 1 aromatic rings. The maximum absolute atomic E-state index is 12.7. The van der Waals surface area contributed by atoms with E-state index in [-0.39, 0.29) is 18.1 Å². The Hall–Kier alpha value is -1.75. The molecule has 0 unspecified atom stereocenters. The van der Waals surface area contributed by atoms with Gasteiger partial charge in [-0.3, -0.25) is 4.79 Å². The average Bonchev–Trinajstić information content (AvgIpc) is 3.03. The zero-order chi connectivity index (χ0) is 15.5. The minimum Gasteiger partial charge on any atom is -0.493 e. The Morgan fingerprint density at radius 1 is 1.27 bits per heavy atom. The Bertz CT molecular complexity index is 545. The molecular weight excluding hydrogens is 282 g/mol. The highest BCUT2D eigenvalue weighted by Gasteiger charge is 2.38. The molecule has 1 amide bonds. The Labute approximate surface area is 131 Å². The monoisotopic (exact) mass is 305 g/mol. The van der Waals surface area contributed by atoms with Crippen LogP contribution in [0.3, 0.4) is 0 Å². The summed E-state index contributed by atoms with van der Waals surface area (Å²) < 4.78 is 16.3. The molecule has 3 rings (SSSR count). The molecule has 5 nitrogen and oxygen atoms in total. The largest absolute Gasteiger partial charge is 0.493 e. The molecule has 0 aromatic heterocycles. The Morgan fingerprint density at radius 2 is 2.09 bits per heavy atom. The van der Waals surface area contributed by atoms with Crippen LogP contribution in [-0.2, 0) is 16.0 Å². The SMILES string of the molecule is COc1ccc(CC(=O)N2CCO[C@@H]3CCC[C@H]32)cc1OC. The molecule has 2 fully saturated rings. The minimum absolute atomic E-state index is 0.174. The fraction of sp³-hybridized carbons (Fsp3) is 0.588. The smallest absolute Gasteiger partial charge is 0.227 e. The maximum Gasteiger partial charge on any atom is 0.227 e. The molecule has 1 saturated carbocycles. The van der Waals surface area contributed by atoms with Crippen LogP contribution >= 0.6 is 0 Å². The van der Waals surface area contributed by atoms with Crippen molar-refractivity contribution < 1.29 is 19.0 Å². The summed E-state index contributed by atoms with van der Waals surface area (Å²) in [6.45, 7) is 1.35.